The highest BCUT2D eigenvalue weighted by molar-refractivity contribution is 5.36. The summed E-state index contributed by atoms with van der Waals surface area (Å²) in [6.07, 6.45) is 0.979. The Bertz CT molecular complexity index is 723. The van der Waals surface area contributed by atoms with E-state index in [2.05, 4.69) is 10.1 Å². The van der Waals surface area contributed by atoms with Crippen molar-refractivity contribution in [1.29, 1.82) is 0 Å². The number of rotatable bonds is 4. The molecule has 0 aliphatic heterocycles. The summed E-state index contributed by atoms with van der Waals surface area (Å²) in [5.74, 6) is 0.554. The molecule has 0 saturated heterocycles. The number of nitrogens with zero attached hydrogens (tertiary/aromatic N) is 3. The molecular formula is C16H15N3O2. The van der Waals surface area contributed by atoms with Crippen LogP contribution in [0.3, 0.4) is 0 Å². The summed E-state index contributed by atoms with van der Waals surface area (Å²) >= 11 is 0. The van der Waals surface area contributed by atoms with E-state index < -0.39 is 6.10 Å². The van der Waals surface area contributed by atoms with Crippen LogP contribution in [0.1, 0.15) is 18.6 Å². The van der Waals surface area contributed by atoms with Crippen molar-refractivity contribution in [2.45, 2.75) is 13.0 Å². The van der Waals surface area contributed by atoms with Crippen molar-refractivity contribution in [2.75, 3.05) is 0 Å². The lowest BCUT2D eigenvalue weighted by Gasteiger charge is -2.10. The number of hydrogen-bond donors (Lipinski definition) is 1. The zero-order valence-electron chi connectivity index (χ0n) is 11.5. The van der Waals surface area contributed by atoms with Crippen LogP contribution in [0.15, 0.2) is 60.9 Å². The van der Waals surface area contributed by atoms with Crippen LogP contribution in [0, 0.1) is 0 Å². The van der Waals surface area contributed by atoms with Crippen LogP contribution in [0.25, 0.3) is 5.69 Å². The molecule has 3 aromatic rings. The van der Waals surface area contributed by atoms with Gasteiger partial charge in [0, 0.05) is 5.56 Å². The van der Waals surface area contributed by atoms with Gasteiger partial charge in [-0.05, 0) is 25.1 Å². The Morgan fingerprint density at radius 2 is 1.76 bits per heavy atom. The number of ether oxygens (including phenoxy) is 1. The molecule has 0 bridgehead atoms. The smallest absolute Gasteiger partial charge is 0.341 e. The summed E-state index contributed by atoms with van der Waals surface area (Å²) in [7, 11) is 0. The topological polar surface area (TPSA) is 60.2 Å². The predicted molar refractivity (Wildman–Crippen MR) is 78.5 cm³/mol. The van der Waals surface area contributed by atoms with Gasteiger partial charge in [-0.2, -0.15) is 4.98 Å². The van der Waals surface area contributed by atoms with E-state index in [9.17, 15) is 5.11 Å². The van der Waals surface area contributed by atoms with E-state index in [-0.39, 0.29) is 6.01 Å². The summed E-state index contributed by atoms with van der Waals surface area (Å²) < 4.78 is 7.31. The van der Waals surface area contributed by atoms with Gasteiger partial charge in [-0.25, -0.2) is 4.68 Å². The van der Waals surface area contributed by atoms with Gasteiger partial charge >= 0.3 is 6.01 Å². The number of para-hydroxylation sites is 2. The summed E-state index contributed by atoms with van der Waals surface area (Å²) in [5.41, 5.74) is 1.61. The van der Waals surface area contributed by atoms with Crippen LogP contribution in [-0.4, -0.2) is 19.9 Å². The van der Waals surface area contributed by atoms with Gasteiger partial charge in [0.25, 0.3) is 0 Å². The standard InChI is InChI=1S/C16H15N3O2/c1-12(20)14-9-5-6-10-15(14)21-16-17-11-19(18-16)13-7-3-2-4-8-13/h2-12,20H,1H3. The Morgan fingerprint density at radius 3 is 2.52 bits per heavy atom. The minimum atomic E-state index is -0.614. The highest BCUT2D eigenvalue weighted by atomic mass is 16.5. The third-order valence-corrected chi connectivity index (χ3v) is 3.06. The fourth-order valence-corrected chi connectivity index (χ4v) is 2.02. The molecule has 0 amide bonds. The van der Waals surface area contributed by atoms with Crippen LogP contribution >= 0.6 is 0 Å². The molecule has 2 aromatic carbocycles. The second kappa shape index (κ2) is 5.76. The van der Waals surface area contributed by atoms with Crippen molar-refractivity contribution < 1.29 is 9.84 Å². The lowest BCUT2D eigenvalue weighted by Crippen LogP contribution is -1.98. The molecule has 3 rings (SSSR count). The van der Waals surface area contributed by atoms with E-state index in [1.165, 1.54) is 0 Å². The van der Waals surface area contributed by atoms with Crippen molar-refractivity contribution in [3.05, 3.63) is 66.5 Å². The molecule has 1 aromatic heterocycles. The fraction of sp³-hybridized carbons (Fsp3) is 0.125. The van der Waals surface area contributed by atoms with E-state index in [0.29, 0.717) is 11.3 Å². The molecular weight excluding hydrogens is 266 g/mol. The van der Waals surface area contributed by atoms with Crippen molar-refractivity contribution >= 4 is 0 Å². The largest absolute Gasteiger partial charge is 0.423 e. The average molecular weight is 281 g/mol. The van der Waals surface area contributed by atoms with Gasteiger partial charge in [-0.1, -0.05) is 36.4 Å². The van der Waals surface area contributed by atoms with Crippen LogP contribution in [0.5, 0.6) is 11.8 Å². The first-order valence-electron chi connectivity index (χ1n) is 6.66. The Labute approximate surface area is 122 Å². The first kappa shape index (κ1) is 13.3. The van der Waals surface area contributed by atoms with Gasteiger partial charge in [0.05, 0.1) is 11.8 Å². The van der Waals surface area contributed by atoms with Gasteiger partial charge < -0.3 is 9.84 Å². The van der Waals surface area contributed by atoms with E-state index in [1.807, 2.05) is 48.5 Å². The summed E-state index contributed by atoms with van der Waals surface area (Å²) in [5, 5.41) is 14.0. The van der Waals surface area contributed by atoms with Crippen LogP contribution in [0.4, 0.5) is 0 Å². The number of aliphatic hydroxyl groups excluding tert-OH is 1. The zero-order valence-corrected chi connectivity index (χ0v) is 11.5. The summed E-state index contributed by atoms with van der Waals surface area (Å²) in [6.45, 7) is 1.69. The van der Waals surface area contributed by atoms with Crippen molar-refractivity contribution in [1.82, 2.24) is 14.8 Å². The minimum Gasteiger partial charge on any atom is -0.423 e. The number of benzene rings is 2. The minimum absolute atomic E-state index is 0.243. The monoisotopic (exact) mass is 281 g/mol. The molecule has 0 aliphatic carbocycles. The summed E-state index contributed by atoms with van der Waals surface area (Å²) in [4.78, 5) is 4.14. The average Bonchev–Trinajstić information content (AvgIpc) is 2.97. The van der Waals surface area contributed by atoms with Crippen molar-refractivity contribution in [3.63, 3.8) is 0 Å². The maximum atomic E-state index is 9.74. The molecule has 0 aliphatic rings. The molecule has 21 heavy (non-hydrogen) atoms. The quantitative estimate of drug-likeness (QED) is 0.798. The zero-order chi connectivity index (χ0) is 14.7. The van der Waals surface area contributed by atoms with E-state index in [4.69, 9.17) is 4.74 Å². The lowest BCUT2D eigenvalue weighted by molar-refractivity contribution is 0.195. The first-order chi connectivity index (χ1) is 10.2. The number of aliphatic hydroxyl groups is 1. The van der Waals surface area contributed by atoms with Gasteiger partial charge in [0.1, 0.15) is 12.1 Å². The van der Waals surface area contributed by atoms with Gasteiger partial charge in [-0.3, -0.25) is 0 Å². The molecule has 5 heteroatoms. The lowest BCUT2D eigenvalue weighted by atomic mass is 10.1. The normalized spacial score (nSPS) is 12.1. The van der Waals surface area contributed by atoms with Gasteiger partial charge in [0.15, 0.2) is 0 Å². The van der Waals surface area contributed by atoms with E-state index in [1.54, 1.807) is 24.0 Å². The number of hydrogen-bond acceptors (Lipinski definition) is 4. The molecule has 1 heterocycles. The Kier molecular flexibility index (Phi) is 3.66. The molecule has 0 spiro atoms. The van der Waals surface area contributed by atoms with Crippen molar-refractivity contribution in [3.8, 4) is 17.4 Å². The highest BCUT2D eigenvalue weighted by Crippen LogP contribution is 2.27. The molecule has 106 valence electrons. The van der Waals surface area contributed by atoms with Crippen molar-refractivity contribution in [2.24, 2.45) is 0 Å². The first-order valence-corrected chi connectivity index (χ1v) is 6.66. The SMILES string of the molecule is CC(O)c1ccccc1Oc1ncn(-c2ccccc2)n1. The predicted octanol–water partition coefficient (Wildman–Crippen LogP) is 3.11. The fourth-order valence-electron chi connectivity index (χ4n) is 2.02. The van der Waals surface area contributed by atoms with Crippen LogP contribution < -0.4 is 4.74 Å². The van der Waals surface area contributed by atoms with Crippen LogP contribution in [-0.2, 0) is 0 Å². The summed E-state index contributed by atoms with van der Waals surface area (Å²) in [6, 6.07) is 17.2. The molecule has 1 atom stereocenters. The van der Waals surface area contributed by atoms with E-state index in [0.717, 1.165) is 5.69 Å². The second-order valence-electron chi connectivity index (χ2n) is 4.62. The second-order valence-corrected chi connectivity index (χ2v) is 4.62. The van der Waals surface area contributed by atoms with Gasteiger partial charge in [0.2, 0.25) is 0 Å². The maximum Gasteiger partial charge on any atom is 0.341 e. The molecule has 0 fully saturated rings. The third-order valence-electron chi connectivity index (χ3n) is 3.06. The Hall–Kier alpha value is -2.66. The molecule has 0 radical (unpaired) electrons. The van der Waals surface area contributed by atoms with E-state index >= 15 is 0 Å². The Balaban J connectivity index is 1.86. The maximum absolute atomic E-state index is 9.74. The van der Waals surface area contributed by atoms with Gasteiger partial charge in [-0.15, -0.1) is 5.10 Å². The molecule has 1 N–H and O–H groups in total. The molecule has 0 saturated carbocycles. The number of aromatic nitrogens is 3. The molecule has 1 unspecified atom stereocenters. The highest BCUT2D eigenvalue weighted by Gasteiger charge is 2.11. The Morgan fingerprint density at radius 1 is 1.05 bits per heavy atom. The van der Waals surface area contributed by atoms with Crippen LogP contribution in [0.2, 0.25) is 0 Å². The molecule has 5 nitrogen and oxygen atoms in total. The third kappa shape index (κ3) is 2.93.